The highest BCUT2D eigenvalue weighted by molar-refractivity contribution is 7.71. The van der Waals surface area contributed by atoms with Gasteiger partial charge in [-0.15, -0.1) is 0 Å². The summed E-state index contributed by atoms with van der Waals surface area (Å²) in [6, 6.07) is 4.87. The van der Waals surface area contributed by atoms with E-state index >= 15 is 0 Å². The quantitative estimate of drug-likeness (QED) is 0.681. The van der Waals surface area contributed by atoms with E-state index in [-0.39, 0.29) is 34.4 Å². The molecule has 0 saturated heterocycles. The number of rotatable bonds is 5. The number of aromatic amines is 1. The lowest BCUT2D eigenvalue weighted by Gasteiger charge is -2.27. The molecule has 144 valence electrons. The Labute approximate surface area is 162 Å². The number of ether oxygens (including phenoxy) is 1. The molecule has 3 rings (SSSR count). The fourth-order valence-electron chi connectivity index (χ4n) is 3.30. The second-order valence-corrected chi connectivity index (χ2v) is 7.25. The molecular formula is C19H23N3O4S. The lowest BCUT2D eigenvalue weighted by Crippen LogP contribution is -2.35. The van der Waals surface area contributed by atoms with Crippen molar-refractivity contribution in [3.8, 4) is 11.5 Å². The molecule has 0 radical (unpaired) electrons. The molecule has 0 spiro atoms. The predicted octanol–water partition coefficient (Wildman–Crippen LogP) is 3.46. The van der Waals surface area contributed by atoms with Gasteiger partial charge in [0, 0.05) is 18.4 Å². The lowest BCUT2D eigenvalue weighted by atomic mass is 9.86. The molecule has 1 atom stereocenters. The lowest BCUT2D eigenvalue weighted by molar-refractivity contribution is -0.116. The average molecular weight is 389 g/mol. The van der Waals surface area contributed by atoms with Gasteiger partial charge in [-0.3, -0.25) is 14.2 Å². The number of anilines is 1. The molecule has 1 unspecified atom stereocenters. The number of amides is 1. The summed E-state index contributed by atoms with van der Waals surface area (Å²) in [5.41, 5.74) is 0.878. The molecule has 0 fully saturated rings. The molecule has 0 bridgehead atoms. The second-order valence-electron chi connectivity index (χ2n) is 6.87. The van der Waals surface area contributed by atoms with E-state index in [1.165, 1.54) is 4.57 Å². The summed E-state index contributed by atoms with van der Waals surface area (Å²) in [5, 5.41) is 13.0. The van der Waals surface area contributed by atoms with Crippen molar-refractivity contribution in [1.82, 2.24) is 9.55 Å². The van der Waals surface area contributed by atoms with Gasteiger partial charge in [-0.2, -0.15) is 0 Å². The van der Waals surface area contributed by atoms with Crippen molar-refractivity contribution < 1.29 is 14.6 Å². The average Bonchev–Trinajstić information content (AvgIpc) is 2.59. The number of fused-ring (bicyclic) bond motifs is 1. The summed E-state index contributed by atoms with van der Waals surface area (Å²) < 4.78 is 7.26. The van der Waals surface area contributed by atoms with Gasteiger partial charge in [0.25, 0.3) is 5.56 Å². The Balaban J connectivity index is 2.13. The van der Waals surface area contributed by atoms with Crippen molar-refractivity contribution in [2.75, 3.05) is 11.9 Å². The third kappa shape index (κ3) is 3.62. The number of carbonyl (C=O) groups excluding carboxylic acids is 1. The molecule has 3 N–H and O–H groups in total. The molecule has 8 heteroatoms. The summed E-state index contributed by atoms with van der Waals surface area (Å²) >= 11 is 5.27. The van der Waals surface area contributed by atoms with E-state index in [0.29, 0.717) is 29.3 Å². The molecule has 1 aromatic carbocycles. The Kier molecular flexibility index (Phi) is 5.36. The van der Waals surface area contributed by atoms with E-state index < -0.39 is 5.92 Å². The first-order chi connectivity index (χ1) is 12.8. The number of phenolic OH excluding ortho intramolecular Hbond substituents is 1. The van der Waals surface area contributed by atoms with Crippen molar-refractivity contribution >= 4 is 23.9 Å². The number of hydrogen-bond donors (Lipinski definition) is 3. The standard InChI is InChI=1S/C19H23N3O4S/c1-4-7-26-14-6-5-11(8-13(14)23)12-9-15(24)20-17-16(12)18(25)22(10(2)3)19(27)21-17/h5-6,8,10,12,23H,4,7,9H2,1-3H3,(H,20,24)(H,21,27). The number of nitrogens with one attached hydrogen (secondary N) is 2. The number of carbonyl (C=O) groups is 1. The van der Waals surface area contributed by atoms with Crippen molar-refractivity contribution in [2.45, 2.75) is 45.6 Å². The molecule has 0 saturated carbocycles. The Hall–Kier alpha value is -2.61. The molecule has 0 aliphatic carbocycles. The van der Waals surface area contributed by atoms with Gasteiger partial charge in [-0.1, -0.05) is 13.0 Å². The van der Waals surface area contributed by atoms with E-state index in [1.807, 2.05) is 20.8 Å². The van der Waals surface area contributed by atoms with E-state index in [0.717, 1.165) is 6.42 Å². The first kappa shape index (κ1) is 19.2. The van der Waals surface area contributed by atoms with Gasteiger partial charge in [-0.25, -0.2) is 0 Å². The van der Waals surface area contributed by atoms with Crippen LogP contribution in [0.2, 0.25) is 0 Å². The number of phenols is 1. The fourth-order valence-corrected chi connectivity index (χ4v) is 3.70. The molecule has 2 heterocycles. The second kappa shape index (κ2) is 7.56. The maximum absolute atomic E-state index is 13.1. The number of nitrogens with zero attached hydrogens (tertiary/aromatic N) is 1. The highest BCUT2D eigenvalue weighted by Crippen LogP contribution is 2.37. The zero-order chi connectivity index (χ0) is 19.7. The predicted molar refractivity (Wildman–Crippen MR) is 105 cm³/mol. The van der Waals surface area contributed by atoms with Crippen LogP contribution in [-0.2, 0) is 4.79 Å². The third-order valence-electron chi connectivity index (χ3n) is 4.54. The summed E-state index contributed by atoms with van der Waals surface area (Å²) in [6.45, 7) is 6.23. The van der Waals surface area contributed by atoms with Gasteiger partial charge >= 0.3 is 0 Å². The summed E-state index contributed by atoms with van der Waals surface area (Å²) in [7, 11) is 0. The zero-order valence-corrected chi connectivity index (χ0v) is 16.4. The van der Waals surface area contributed by atoms with Gasteiger partial charge in [0.2, 0.25) is 5.91 Å². The molecule has 1 aliphatic rings. The summed E-state index contributed by atoms with van der Waals surface area (Å²) in [5.74, 6) is -0.00139. The van der Waals surface area contributed by atoms with E-state index in [2.05, 4.69) is 10.3 Å². The van der Waals surface area contributed by atoms with Crippen LogP contribution in [0.1, 0.15) is 56.7 Å². The van der Waals surface area contributed by atoms with Crippen LogP contribution in [0, 0.1) is 4.77 Å². The molecule has 2 aromatic rings. The minimum Gasteiger partial charge on any atom is -0.504 e. The summed E-state index contributed by atoms with van der Waals surface area (Å²) in [4.78, 5) is 28.2. The van der Waals surface area contributed by atoms with Crippen LogP contribution in [0.4, 0.5) is 5.82 Å². The Morgan fingerprint density at radius 2 is 2.11 bits per heavy atom. The molecule has 27 heavy (non-hydrogen) atoms. The number of H-pyrrole nitrogens is 1. The zero-order valence-electron chi connectivity index (χ0n) is 15.5. The van der Waals surface area contributed by atoms with Crippen LogP contribution in [0.25, 0.3) is 0 Å². The van der Waals surface area contributed by atoms with Crippen molar-refractivity contribution in [3.05, 3.63) is 44.5 Å². The number of hydrogen-bond acceptors (Lipinski definition) is 5. The molecule has 1 aromatic heterocycles. The number of benzene rings is 1. The molecule has 7 nitrogen and oxygen atoms in total. The Morgan fingerprint density at radius 1 is 1.37 bits per heavy atom. The SMILES string of the molecule is CCCOc1ccc(C2CC(=O)Nc3[nH]c(=S)n(C(C)C)c(=O)c32)cc1O. The van der Waals surface area contributed by atoms with Crippen LogP contribution in [-0.4, -0.2) is 27.2 Å². The van der Waals surface area contributed by atoms with E-state index in [4.69, 9.17) is 17.0 Å². The minimum absolute atomic E-state index is 0.0125. The normalized spacial score (nSPS) is 16.1. The summed E-state index contributed by atoms with van der Waals surface area (Å²) in [6.07, 6.45) is 0.935. The van der Waals surface area contributed by atoms with Gasteiger partial charge in [-0.05, 0) is 50.2 Å². The first-order valence-electron chi connectivity index (χ1n) is 8.97. The van der Waals surface area contributed by atoms with Gasteiger partial charge in [0.05, 0.1) is 12.2 Å². The van der Waals surface area contributed by atoms with Crippen LogP contribution < -0.4 is 15.6 Å². The molecule has 1 amide bonds. The number of aromatic nitrogens is 2. The maximum Gasteiger partial charge on any atom is 0.260 e. The van der Waals surface area contributed by atoms with E-state index in [1.54, 1.807) is 18.2 Å². The van der Waals surface area contributed by atoms with Crippen LogP contribution >= 0.6 is 12.2 Å². The molecular weight excluding hydrogens is 366 g/mol. The number of aromatic hydroxyl groups is 1. The first-order valence-corrected chi connectivity index (χ1v) is 9.38. The van der Waals surface area contributed by atoms with Crippen LogP contribution in [0.5, 0.6) is 11.5 Å². The van der Waals surface area contributed by atoms with Crippen molar-refractivity contribution in [2.24, 2.45) is 0 Å². The highest BCUT2D eigenvalue weighted by atomic mass is 32.1. The van der Waals surface area contributed by atoms with Crippen molar-refractivity contribution in [1.29, 1.82) is 0 Å². The topological polar surface area (TPSA) is 96.4 Å². The molecule has 1 aliphatic heterocycles. The van der Waals surface area contributed by atoms with Gasteiger partial charge in [0.15, 0.2) is 16.3 Å². The highest BCUT2D eigenvalue weighted by Gasteiger charge is 2.31. The Morgan fingerprint density at radius 3 is 2.74 bits per heavy atom. The van der Waals surface area contributed by atoms with Crippen LogP contribution in [0.15, 0.2) is 23.0 Å². The van der Waals surface area contributed by atoms with Crippen molar-refractivity contribution in [3.63, 3.8) is 0 Å². The van der Waals surface area contributed by atoms with Gasteiger partial charge < -0.3 is 20.1 Å². The van der Waals surface area contributed by atoms with Gasteiger partial charge in [0.1, 0.15) is 5.82 Å². The Bertz CT molecular complexity index is 993. The van der Waals surface area contributed by atoms with Crippen LogP contribution in [0.3, 0.4) is 0 Å². The third-order valence-corrected chi connectivity index (χ3v) is 4.83. The van der Waals surface area contributed by atoms with E-state index in [9.17, 15) is 14.7 Å². The fraction of sp³-hybridized carbons (Fsp3) is 0.421. The smallest absolute Gasteiger partial charge is 0.260 e. The largest absolute Gasteiger partial charge is 0.504 e. The maximum atomic E-state index is 13.1. The minimum atomic E-state index is -0.482. The monoisotopic (exact) mass is 389 g/mol.